The number of carbonyl (C=O) groups is 2. The third-order valence-electron chi connectivity index (χ3n) is 6.56. The first kappa shape index (κ1) is 28.6. The molecule has 2 aromatic carbocycles. The number of carboxylic acid groups (broad SMARTS) is 1. The standard InChI is InChI=1S/C21H28ClNO5S.C6H5Cl/c1-2-16(13-29(27)17-5-3-4-6-17)23-18(14-7-9-15(22)10-8-14)12-28-19(21(23)26)11-20(24)25;7-6-4-2-1-3-5-6/h7-10,16-19H,2-6,11-13H2,1H3,(H,24,25);1-5H/t16-,18-,19+,29?;/m0./s1. The molecule has 1 unspecified atom stereocenters. The quantitative estimate of drug-likeness (QED) is 0.440. The van der Waals surface area contributed by atoms with Crippen LogP contribution in [0.3, 0.4) is 0 Å². The van der Waals surface area contributed by atoms with Crippen molar-refractivity contribution in [3.63, 3.8) is 0 Å². The van der Waals surface area contributed by atoms with Crippen molar-refractivity contribution in [2.75, 3.05) is 12.4 Å². The molecule has 0 spiro atoms. The fourth-order valence-electron chi connectivity index (χ4n) is 4.65. The maximum absolute atomic E-state index is 13.2. The van der Waals surface area contributed by atoms with Crippen LogP contribution < -0.4 is 0 Å². The second kappa shape index (κ2) is 14.1. The summed E-state index contributed by atoms with van der Waals surface area (Å²) in [5.74, 6) is -0.999. The van der Waals surface area contributed by atoms with E-state index in [2.05, 4.69) is 0 Å². The highest BCUT2D eigenvalue weighted by Crippen LogP contribution is 2.33. The first-order valence-corrected chi connectivity index (χ1v) is 14.4. The molecule has 36 heavy (non-hydrogen) atoms. The van der Waals surface area contributed by atoms with Gasteiger partial charge in [-0.15, -0.1) is 0 Å². The summed E-state index contributed by atoms with van der Waals surface area (Å²) in [4.78, 5) is 26.1. The Balaban J connectivity index is 0.000000444. The number of benzene rings is 2. The minimum absolute atomic E-state index is 0.198. The van der Waals surface area contributed by atoms with Crippen molar-refractivity contribution < 1.29 is 23.6 Å². The van der Waals surface area contributed by atoms with E-state index in [4.69, 9.17) is 33.0 Å². The summed E-state index contributed by atoms with van der Waals surface area (Å²) in [7, 11) is -1.01. The lowest BCUT2D eigenvalue weighted by molar-refractivity contribution is -0.168. The summed E-state index contributed by atoms with van der Waals surface area (Å²) >= 11 is 11.5. The average Bonchev–Trinajstić information content (AvgIpc) is 3.40. The fourth-order valence-corrected chi connectivity index (χ4v) is 6.82. The number of amides is 1. The van der Waals surface area contributed by atoms with Gasteiger partial charge in [-0.05, 0) is 49.1 Å². The number of halogens is 2. The SMILES string of the molecule is CC[C@@H](CS(=O)C1CCCC1)N1C(=O)[C@@H](CC(=O)O)OC[C@H]1c1ccc(Cl)cc1.Clc1ccccc1. The van der Waals surface area contributed by atoms with Gasteiger partial charge in [-0.1, -0.05) is 73.3 Å². The zero-order valence-electron chi connectivity index (χ0n) is 20.4. The van der Waals surface area contributed by atoms with E-state index < -0.39 is 22.9 Å². The smallest absolute Gasteiger partial charge is 0.306 e. The van der Waals surface area contributed by atoms with Crippen LogP contribution in [0.1, 0.15) is 57.1 Å². The van der Waals surface area contributed by atoms with Gasteiger partial charge in [-0.25, -0.2) is 0 Å². The van der Waals surface area contributed by atoms with Crippen LogP contribution in [0.15, 0.2) is 54.6 Å². The van der Waals surface area contributed by atoms with Crippen molar-refractivity contribution in [1.82, 2.24) is 4.90 Å². The van der Waals surface area contributed by atoms with Gasteiger partial charge in [0.05, 0.1) is 19.1 Å². The van der Waals surface area contributed by atoms with Crippen molar-refractivity contribution in [3.8, 4) is 0 Å². The molecule has 1 saturated heterocycles. The third-order valence-corrected chi connectivity index (χ3v) is 9.00. The molecule has 0 bridgehead atoms. The lowest BCUT2D eigenvalue weighted by Gasteiger charge is -2.43. The van der Waals surface area contributed by atoms with E-state index in [0.29, 0.717) is 17.2 Å². The number of nitrogens with zero attached hydrogens (tertiary/aromatic N) is 1. The van der Waals surface area contributed by atoms with Gasteiger partial charge < -0.3 is 14.7 Å². The molecule has 2 aromatic rings. The second-order valence-corrected chi connectivity index (χ2v) is 11.7. The minimum atomic E-state index is -1.07. The van der Waals surface area contributed by atoms with Gasteiger partial charge in [-0.3, -0.25) is 13.8 Å². The van der Waals surface area contributed by atoms with Crippen molar-refractivity contribution in [2.24, 2.45) is 0 Å². The summed E-state index contributed by atoms with van der Waals surface area (Å²) in [6.45, 7) is 2.18. The van der Waals surface area contributed by atoms with Crippen LogP contribution in [0.4, 0.5) is 0 Å². The lowest BCUT2D eigenvalue weighted by atomic mass is 9.99. The van der Waals surface area contributed by atoms with Gasteiger partial charge in [0, 0.05) is 37.9 Å². The van der Waals surface area contributed by atoms with E-state index in [1.807, 2.05) is 49.4 Å². The molecule has 0 radical (unpaired) electrons. The maximum Gasteiger partial charge on any atom is 0.306 e. The molecule has 1 amide bonds. The largest absolute Gasteiger partial charge is 0.481 e. The molecule has 196 valence electrons. The maximum atomic E-state index is 13.2. The first-order valence-electron chi connectivity index (χ1n) is 12.3. The van der Waals surface area contributed by atoms with E-state index in [9.17, 15) is 13.8 Å². The highest BCUT2D eigenvalue weighted by molar-refractivity contribution is 7.85. The molecule has 1 aliphatic heterocycles. The summed E-state index contributed by atoms with van der Waals surface area (Å²) in [6.07, 6.45) is 3.43. The molecular weight excluding hydrogens is 521 g/mol. The predicted octanol–water partition coefficient (Wildman–Crippen LogP) is 5.89. The van der Waals surface area contributed by atoms with E-state index in [1.54, 1.807) is 17.0 Å². The van der Waals surface area contributed by atoms with Crippen LogP contribution in [-0.4, -0.2) is 55.8 Å². The number of carbonyl (C=O) groups excluding carboxylic acids is 1. The van der Waals surface area contributed by atoms with E-state index in [0.717, 1.165) is 36.3 Å². The molecule has 1 N–H and O–H groups in total. The number of ether oxygens (including phenoxy) is 1. The molecule has 1 saturated carbocycles. The zero-order chi connectivity index (χ0) is 26.1. The number of morpholine rings is 1. The highest BCUT2D eigenvalue weighted by atomic mass is 35.5. The van der Waals surface area contributed by atoms with Gasteiger partial charge in [0.1, 0.15) is 6.10 Å². The minimum Gasteiger partial charge on any atom is -0.481 e. The molecule has 0 aromatic heterocycles. The van der Waals surface area contributed by atoms with Crippen LogP contribution in [0.25, 0.3) is 0 Å². The predicted molar refractivity (Wildman–Crippen MR) is 144 cm³/mol. The van der Waals surface area contributed by atoms with Crippen LogP contribution in [0, 0.1) is 0 Å². The molecule has 4 atom stereocenters. The molecular formula is C27H33Cl2NO5S. The summed E-state index contributed by atoms with van der Waals surface area (Å²) in [5.41, 5.74) is 0.877. The molecule has 1 heterocycles. The number of hydrogen-bond donors (Lipinski definition) is 1. The van der Waals surface area contributed by atoms with E-state index in [-0.39, 0.29) is 36.3 Å². The summed E-state index contributed by atoms with van der Waals surface area (Å²) < 4.78 is 18.6. The monoisotopic (exact) mass is 553 g/mol. The number of carboxylic acids is 1. The van der Waals surface area contributed by atoms with Crippen LogP contribution >= 0.6 is 23.2 Å². The third kappa shape index (κ3) is 8.04. The van der Waals surface area contributed by atoms with E-state index in [1.165, 1.54) is 0 Å². The van der Waals surface area contributed by atoms with Crippen LogP contribution in [0.2, 0.25) is 10.0 Å². The Hall–Kier alpha value is -1.93. The van der Waals surface area contributed by atoms with Gasteiger partial charge >= 0.3 is 5.97 Å². The zero-order valence-corrected chi connectivity index (χ0v) is 22.7. The van der Waals surface area contributed by atoms with Crippen LogP contribution in [0.5, 0.6) is 0 Å². The van der Waals surface area contributed by atoms with Crippen molar-refractivity contribution >= 4 is 45.9 Å². The van der Waals surface area contributed by atoms with Crippen molar-refractivity contribution in [2.45, 2.75) is 68.9 Å². The number of hydrogen-bond acceptors (Lipinski definition) is 4. The van der Waals surface area contributed by atoms with Crippen molar-refractivity contribution in [1.29, 1.82) is 0 Å². The highest BCUT2D eigenvalue weighted by Gasteiger charge is 2.42. The topological polar surface area (TPSA) is 83.9 Å². The molecule has 2 fully saturated rings. The molecule has 9 heteroatoms. The Kier molecular flexibility index (Phi) is 11.2. The molecule has 4 rings (SSSR count). The first-order chi connectivity index (χ1) is 17.3. The Morgan fingerprint density at radius 3 is 2.22 bits per heavy atom. The number of aliphatic carboxylic acids is 1. The average molecular weight is 555 g/mol. The Labute approximate surface area is 225 Å². The van der Waals surface area contributed by atoms with Gasteiger partial charge in [-0.2, -0.15) is 0 Å². The second-order valence-electron chi connectivity index (χ2n) is 9.04. The summed E-state index contributed by atoms with van der Waals surface area (Å²) in [5, 5.41) is 10.7. The van der Waals surface area contributed by atoms with Crippen molar-refractivity contribution in [3.05, 3.63) is 70.2 Å². The summed E-state index contributed by atoms with van der Waals surface area (Å²) in [6, 6.07) is 16.1. The van der Waals surface area contributed by atoms with E-state index >= 15 is 0 Å². The Morgan fingerprint density at radius 2 is 1.69 bits per heavy atom. The van der Waals surface area contributed by atoms with Gasteiger partial charge in [0.25, 0.3) is 5.91 Å². The fraction of sp³-hybridized carbons (Fsp3) is 0.481. The molecule has 1 aliphatic carbocycles. The van der Waals surface area contributed by atoms with Gasteiger partial charge in [0.2, 0.25) is 0 Å². The number of rotatable bonds is 8. The van der Waals surface area contributed by atoms with Gasteiger partial charge in [0.15, 0.2) is 0 Å². The molecule has 2 aliphatic rings. The Bertz CT molecular complexity index is 1010. The molecule has 6 nitrogen and oxygen atoms in total. The lowest BCUT2D eigenvalue weighted by Crippen LogP contribution is -2.55. The van der Waals surface area contributed by atoms with Crippen LogP contribution in [-0.2, 0) is 25.1 Å². The normalized spacial score (nSPS) is 22.0. The Morgan fingerprint density at radius 1 is 1.08 bits per heavy atom.